The van der Waals surface area contributed by atoms with Gasteiger partial charge in [0.1, 0.15) is 0 Å². The van der Waals surface area contributed by atoms with Gasteiger partial charge in [-0.25, -0.2) is 0 Å². The molecule has 1 aliphatic rings. The lowest BCUT2D eigenvalue weighted by atomic mass is 9.95. The molecule has 0 radical (unpaired) electrons. The van der Waals surface area contributed by atoms with Crippen LogP contribution >= 0.6 is 0 Å². The fourth-order valence-electron chi connectivity index (χ4n) is 3.20. The third kappa shape index (κ3) is 1.60. The number of hydrogen-bond donors (Lipinski definition) is 0. The first-order valence-corrected chi connectivity index (χ1v) is 6.97. The number of pyridine rings is 1. The molecular formula is C19H15N. The summed E-state index contributed by atoms with van der Waals surface area (Å²) in [5.41, 5.74) is 7.94. The zero-order valence-electron chi connectivity index (χ0n) is 11.4. The summed E-state index contributed by atoms with van der Waals surface area (Å²) >= 11 is 0. The molecule has 1 heteroatoms. The van der Waals surface area contributed by atoms with E-state index in [0.717, 1.165) is 11.9 Å². The van der Waals surface area contributed by atoms with Crippen molar-refractivity contribution in [3.63, 3.8) is 0 Å². The summed E-state index contributed by atoms with van der Waals surface area (Å²) in [4.78, 5) is 4.60. The highest BCUT2D eigenvalue weighted by molar-refractivity contribution is 5.98. The first kappa shape index (κ1) is 11.4. The number of aromatic nitrogens is 1. The van der Waals surface area contributed by atoms with Gasteiger partial charge in [-0.3, -0.25) is 4.98 Å². The third-order valence-electron chi connectivity index (χ3n) is 4.07. The van der Waals surface area contributed by atoms with Crippen LogP contribution in [0, 0.1) is 0 Å². The Hall–Kier alpha value is -2.41. The van der Waals surface area contributed by atoms with Crippen molar-refractivity contribution < 1.29 is 0 Å². The maximum Gasteiger partial charge on any atom is 0.0780 e. The Kier molecular flexibility index (Phi) is 2.46. The highest BCUT2D eigenvalue weighted by Gasteiger charge is 2.21. The van der Waals surface area contributed by atoms with Crippen LogP contribution in [0.5, 0.6) is 0 Å². The van der Waals surface area contributed by atoms with Crippen LogP contribution < -0.4 is 0 Å². The number of para-hydroxylation sites is 1. The van der Waals surface area contributed by atoms with E-state index < -0.39 is 0 Å². The van der Waals surface area contributed by atoms with Crippen LogP contribution in [-0.2, 0) is 6.42 Å². The largest absolute Gasteiger partial charge is 0.256 e. The lowest BCUT2D eigenvalue weighted by molar-refractivity contribution is 1.19. The molecule has 3 aromatic rings. The normalized spacial score (nSPS) is 13.8. The monoisotopic (exact) mass is 257 g/mol. The number of rotatable bonds is 1. The number of hydrogen-bond acceptors (Lipinski definition) is 1. The highest BCUT2D eigenvalue weighted by Crippen LogP contribution is 2.39. The number of nitrogens with zero attached hydrogens (tertiary/aromatic N) is 1. The summed E-state index contributed by atoms with van der Waals surface area (Å²) in [5, 5.41) is 1.20. The van der Waals surface area contributed by atoms with Crippen molar-refractivity contribution in [2.75, 3.05) is 0 Å². The molecule has 4 rings (SSSR count). The third-order valence-corrected chi connectivity index (χ3v) is 4.07. The van der Waals surface area contributed by atoms with Crippen molar-refractivity contribution in [3.05, 3.63) is 83.1 Å². The first-order chi connectivity index (χ1) is 9.84. The SMILES string of the molecule is CC1=C(c2cccc3cccnc23)c2ccccc2C1. The Morgan fingerprint density at radius 1 is 0.850 bits per heavy atom. The van der Waals surface area contributed by atoms with Crippen LogP contribution in [0.1, 0.15) is 23.6 Å². The standard InChI is InChI=1S/C19H15N/c1-13-12-15-6-2-3-9-16(15)18(13)17-10-4-7-14-8-5-11-20-19(14)17/h2-11H,12H2,1H3. The molecule has 0 spiro atoms. The highest BCUT2D eigenvalue weighted by atomic mass is 14.6. The van der Waals surface area contributed by atoms with Gasteiger partial charge < -0.3 is 0 Å². The number of fused-ring (bicyclic) bond motifs is 2. The van der Waals surface area contributed by atoms with Crippen molar-refractivity contribution in [1.82, 2.24) is 4.98 Å². The van der Waals surface area contributed by atoms with Gasteiger partial charge in [0.2, 0.25) is 0 Å². The number of benzene rings is 2. The topological polar surface area (TPSA) is 12.9 Å². The molecule has 1 aliphatic carbocycles. The van der Waals surface area contributed by atoms with Gasteiger partial charge in [-0.15, -0.1) is 0 Å². The van der Waals surface area contributed by atoms with Gasteiger partial charge >= 0.3 is 0 Å². The van der Waals surface area contributed by atoms with E-state index >= 15 is 0 Å². The second-order valence-electron chi connectivity index (χ2n) is 5.37. The second kappa shape index (κ2) is 4.31. The van der Waals surface area contributed by atoms with Crippen LogP contribution in [0.25, 0.3) is 16.5 Å². The van der Waals surface area contributed by atoms with Crippen molar-refractivity contribution in [3.8, 4) is 0 Å². The van der Waals surface area contributed by atoms with E-state index in [-0.39, 0.29) is 0 Å². The second-order valence-corrected chi connectivity index (χ2v) is 5.37. The van der Waals surface area contributed by atoms with Gasteiger partial charge in [-0.2, -0.15) is 0 Å². The van der Waals surface area contributed by atoms with Gasteiger partial charge in [0.05, 0.1) is 5.52 Å². The Labute approximate surface area is 118 Å². The molecule has 2 aromatic carbocycles. The molecule has 0 atom stereocenters. The Morgan fingerprint density at radius 3 is 2.60 bits per heavy atom. The van der Waals surface area contributed by atoms with Gasteiger partial charge in [-0.05, 0) is 36.1 Å². The summed E-state index contributed by atoms with van der Waals surface area (Å²) in [5.74, 6) is 0. The molecule has 0 unspecified atom stereocenters. The van der Waals surface area contributed by atoms with E-state index in [1.807, 2.05) is 12.3 Å². The van der Waals surface area contributed by atoms with Crippen molar-refractivity contribution >= 4 is 16.5 Å². The quantitative estimate of drug-likeness (QED) is 0.620. The van der Waals surface area contributed by atoms with E-state index in [4.69, 9.17) is 0 Å². The fraction of sp³-hybridized carbons (Fsp3) is 0.105. The van der Waals surface area contributed by atoms with Crippen molar-refractivity contribution in [2.45, 2.75) is 13.3 Å². The Balaban J connectivity index is 2.03. The van der Waals surface area contributed by atoms with Crippen molar-refractivity contribution in [2.24, 2.45) is 0 Å². The summed E-state index contributed by atoms with van der Waals surface area (Å²) in [6.45, 7) is 2.23. The maximum absolute atomic E-state index is 4.60. The van der Waals surface area contributed by atoms with Gasteiger partial charge in [0, 0.05) is 17.1 Å². The van der Waals surface area contributed by atoms with Crippen LogP contribution in [0.15, 0.2) is 66.4 Å². The van der Waals surface area contributed by atoms with E-state index in [0.29, 0.717) is 0 Å². The van der Waals surface area contributed by atoms with E-state index in [9.17, 15) is 0 Å². The summed E-state index contributed by atoms with van der Waals surface area (Å²) < 4.78 is 0. The zero-order chi connectivity index (χ0) is 13.5. The molecule has 1 nitrogen and oxygen atoms in total. The minimum atomic E-state index is 1.05. The molecule has 0 bridgehead atoms. The Morgan fingerprint density at radius 2 is 1.65 bits per heavy atom. The summed E-state index contributed by atoms with van der Waals surface area (Å²) in [6, 6.07) is 19.3. The maximum atomic E-state index is 4.60. The smallest absolute Gasteiger partial charge is 0.0780 e. The lowest BCUT2D eigenvalue weighted by Crippen LogP contribution is -1.91. The molecule has 0 amide bonds. The summed E-state index contributed by atoms with van der Waals surface area (Å²) in [6.07, 6.45) is 2.93. The molecule has 0 aliphatic heterocycles. The molecule has 1 aromatic heterocycles. The van der Waals surface area contributed by atoms with Crippen LogP contribution in [0.2, 0.25) is 0 Å². The van der Waals surface area contributed by atoms with Gasteiger partial charge in [0.15, 0.2) is 0 Å². The molecular weight excluding hydrogens is 242 g/mol. The van der Waals surface area contributed by atoms with E-state index in [2.05, 4.69) is 60.4 Å². The molecule has 20 heavy (non-hydrogen) atoms. The van der Waals surface area contributed by atoms with Gasteiger partial charge in [-0.1, -0.05) is 54.1 Å². The predicted molar refractivity (Wildman–Crippen MR) is 83.6 cm³/mol. The number of allylic oxidation sites excluding steroid dienone is 1. The minimum Gasteiger partial charge on any atom is -0.256 e. The first-order valence-electron chi connectivity index (χ1n) is 6.97. The lowest BCUT2D eigenvalue weighted by Gasteiger charge is -2.10. The molecule has 1 heterocycles. The molecule has 96 valence electrons. The molecule has 0 fully saturated rings. The van der Waals surface area contributed by atoms with E-state index in [1.165, 1.54) is 33.2 Å². The van der Waals surface area contributed by atoms with E-state index in [1.54, 1.807) is 0 Å². The van der Waals surface area contributed by atoms with Crippen molar-refractivity contribution in [1.29, 1.82) is 0 Å². The molecule has 0 N–H and O–H groups in total. The van der Waals surface area contributed by atoms with Crippen LogP contribution in [-0.4, -0.2) is 4.98 Å². The molecule has 0 saturated carbocycles. The van der Waals surface area contributed by atoms with Gasteiger partial charge in [0.25, 0.3) is 0 Å². The Bertz CT molecular complexity index is 838. The van der Waals surface area contributed by atoms with Crippen LogP contribution in [0.3, 0.4) is 0 Å². The van der Waals surface area contributed by atoms with Crippen LogP contribution in [0.4, 0.5) is 0 Å². The average Bonchev–Trinajstić information content (AvgIpc) is 2.82. The zero-order valence-corrected chi connectivity index (χ0v) is 11.4. The summed E-state index contributed by atoms with van der Waals surface area (Å²) in [7, 11) is 0. The molecule has 0 saturated heterocycles. The predicted octanol–water partition coefficient (Wildman–Crippen LogP) is 4.61. The fourth-order valence-corrected chi connectivity index (χ4v) is 3.20. The average molecular weight is 257 g/mol. The minimum absolute atomic E-state index is 1.05.